The summed E-state index contributed by atoms with van der Waals surface area (Å²) in [5.74, 6) is -1.56. The zero-order valence-electron chi connectivity index (χ0n) is 10.6. The van der Waals surface area contributed by atoms with E-state index in [4.69, 9.17) is 0 Å². The highest BCUT2D eigenvalue weighted by Gasteiger charge is 2.37. The number of esters is 1. The molecule has 0 N–H and O–H groups in total. The Kier molecular flexibility index (Phi) is 3.69. The first kappa shape index (κ1) is 14.4. The molecular formula is C13H12F3NO3. The number of carbonyl (C=O) groups is 2. The number of anilines is 1. The third-order valence-corrected chi connectivity index (χ3v) is 3.14. The van der Waals surface area contributed by atoms with Gasteiger partial charge in [0, 0.05) is 18.7 Å². The summed E-state index contributed by atoms with van der Waals surface area (Å²) in [5.41, 5.74) is -0.694. The molecule has 108 valence electrons. The number of hydrogen-bond acceptors (Lipinski definition) is 3. The summed E-state index contributed by atoms with van der Waals surface area (Å²) < 4.78 is 42.4. The Morgan fingerprint density at radius 2 is 2.10 bits per heavy atom. The molecule has 0 bridgehead atoms. The van der Waals surface area contributed by atoms with Crippen LogP contribution in [0.4, 0.5) is 18.9 Å². The third kappa shape index (κ3) is 2.76. The highest BCUT2D eigenvalue weighted by molar-refractivity contribution is 5.99. The van der Waals surface area contributed by atoms with Crippen molar-refractivity contribution in [3.8, 4) is 0 Å². The van der Waals surface area contributed by atoms with Crippen LogP contribution >= 0.6 is 0 Å². The zero-order chi connectivity index (χ0) is 14.9. The van der Waals surface area contributed by atoms with Crippen LogP contribution < -0.4 is 4.90 Å². The predicted molar refractivity (Wildman–Crippen MR) is 63.9 cm³/mol. The van der Waals surface area contributed by atoms with E-state index >= 15 is 0 Å². The molecule has 1 fully saturated rings. The van der Waals surface area contributed by atoms with Gasteiger partial charge in [-0.2, -0.15) is 13.2 Å². The molecular weight excluding hydrogens is 275 g/mol. The number of nitrogens with zero attached hydrogens (tertiary/aromatic N) is 1. The van der Waals surface area contributed by atoms with E-state index in [1.54, 1.807) is 0 Å². The van der Waals surface area contributed by atoms with E-state index < -0.39 is 23.6 Å². The van der Waals surface area contributed by atoms with Crippen LogP contribution in [0.25, 0.3) is 0 Å². The summed E-state index contributed by atoms with van der Waals surface area (Å²) in [6, 6.07) is 4.48. The first-order chi connectivity index (χ1) is 9.32. The topological polar surface area (TPSA) is 46.6 Å². The van der Waals surface area contributed by atoms with Crippen molar-refractivity contribution in [2.24, 2.45) is 5.92 Å². The standard InChI is InChI=1S/C13H12F3NO3/c1-20-12(19)8-5-11(18)17(7-8)10-4-2-3-9(6-10)13(14,15)16/h2-4,6,8H,5,7H2,1H3/t8-/m0/s1. The fraction of sp³-hybridized carbons (Fsp3) is 0.385. The van der Waals surface area contributed by atoms with Crippen LogP contribution in [0.1, 0.15) is 12.0 Å². The van der Waals surface area contributed by atoms with E-state index in [9.17, 15) is 22.8 Å². The van der Waals surface area contributed by atoms with Crippen molar-refractivity contribution in [1.82, 2.24) is 0 Å². The minimum absolute atomic E-state index is 0.0345. The van der Waals surface area contributed by atoms with Crippen molar-refractivity contribution in [3.05, 3.63) is 29.8 Å². The maximum absolute atomic E-state index is 12.6. The van der Waals surface area contributed by atoms with Crippen molar-refractivity contribution in [3.63, 3.8) is 0 Å². The van der Waals surface area contributed by atoms with Crippen molar-refractivity contribution >= 4 is 17.6 Å². The third-order valence-electron chi connectivity index (χ3n) is 3.14. The lowest BCUT2D eigenvalue weighted by Crippen LogP contribution is -2.26. The molecule has 1 aliphatic heterocycles. The van der Waals surface area contributed by atoms with Crippen LogP contribution in [0.5, 0.6) is 0 Å². The van der Waals surface area contributed by atoms with E-state index in [1.165, 1.54) is 24.1 Å². The number of halogens is 3. The van der Waals surface area contributed by atoms with Gasteiger partial charge in [-0.05, 0) is 18.2 Å². The molecule has 0 saturated carbocycles. The van der Waals surface area contributed by atoms with Gasteiger partial charge in [0.1, 0.15) is 0 Å². The molecule has 1 atom stereocenters. The first-order valence-electron chi connectivity index (χ1n) is 5.88. The number of carbonyl (C=O) groups excluding carboxylic acids is 2. The van der Waals surface area contributed by atoms with Crippen LogP contribution in [0.2, 0.25) is 0 Å². The van der Waals surface area contributed by atoms with Gasteiger partial charge >= 0.3 is 12.1 Å². The molecule has 0 aliphatic carbocycles. The van der Waals surface area contributed by atoms with E-state index in [0.717, 1.165) is 12.1 Å². The molecule has 0 aromatic heterocycles. The summed E-state index contributed by atoms with van der Waals surface area (Å²) in [6.45, 7) is 0.0345. The SMILES string of the molecule is COC(=O)[C@H]1CC(=O)N(c2cccc(C(F)(F)F)c2)C1. The molecule has 4 nitrogen and oxygen atoms in total. The molecule has 20 heavy (non-hydrogen) atoms. The van der Waals surface area contributed by atoms with Gasteiger partial charge in [-0.15, -0.1) is 0 Å². The lowest BCUT2D eigenvalue weighted by Gasteiger charge is -2.18. The second kappa shape index (κ2) is 5.15. The molecule has 0 unspecified atom stereocenters. The molecule has 7 heteroatoms. The smallest absolute Gasteiger partial charge is 0.416 e. The van der Waals surface area contributed by atoms with Crippen LogP contribution in [0.15, 0.2) is 24.3 Å². The highest BCUT2D eigenvalue weighted by atomic mass is 19.4. The number of ether oxygens (including phenoxy) is 1. The number of amides is 1. The molecule has 1 aliphatic rings. The van der Waals surface area contributed by atoms with Gasteiger partial charge in [-0.25, -0.2) is 0 Å². The monoisotopic (exact) mass is 287 g/mol. The fourth-order valence-corrected chi connectivity index (χ4v) is 2.13. The Labute approximate surface area is 113 Å². The zero-order valence-corrected chi connectivity index (χ0v) is 10.6. The molecule has 1 saturated heterocycles. The summed E-state index contributed by atoms with van der Waals surface area (Å²) in [4.78, 5) is 24.4. The van der Waals surface area contributed by atoms with Crippen molar-refractivity contribution in [2.75, 3.05) is 18.6 Å². The molecule has 2 rings (SSSR count). The summed E-state index contributed by atoms with van der Waals surface area (Å²) in [5, 5.41) is 0. The van der Waals surface area contributed by atoms with Gasteiger partial charge in [0.05, 0.1) is 18.6 Å². The van der Waals surface area contributed by atoms with Gasteiger partial charge in [0.25, 0.3) is 0 Å². The lowest BCUT2D eigenvalue weighted by atomic mass is 10.1. The molecule has 1 aromatic carbocycles. The number of methoxy groups -OCH3 is 1. The Hall–Kier alpha value is -2.05. The molecule has 0 spiro atoms. The number of alkyl halides is 3. The van der Waals surface area contributed by atoms with Crippen LogP contribution in [-0.2, 0) is 20.5 Å². The Balaban J connectivity index is 2.24. The molecule has 1 heterocycles. The Morgan fingerprint density at radius 1 is 1.40 bits per heavy atom. The number of rotatable bonds is 2. The van der Waals surface area contributed by atoms with Crippen molar-refractivity contribution in [1.29, 1.82) is 0 Å². The molecule has 1 aromatic rings. The van der Waals surface area contributed by atoms with Gasteiger partial charge in [0.2, 0.25) is 5.91 Å². The van der Waals surface area contributed by atoms with Gasteiger partial charge in [-0.1, -0.05) is 6.07 Å². The van der Waals surface area contributed by atoms with E-state index in [1.807, 2.05) is 0 Å². The fourth-order valence-electron chi connectivity index (χ4n) is 2.13. The van der Waals surface area contributed by atoms with Crippen LogP contribution in [0.3, 0.4) is 0 Å². The Bertz CT molecular complexity index is 542. The number of benzene rings is 1. The maximum atomic E-state index is 12.6. The van der Waals surface area contributed by atoms with Gasteiger partial charge in [0.15, 0.2) is 0 Å². The van der Waals surface area contributed by atoms with Crippen molar-refractivity contribution in [2.45, 2.75) is 12.6 Å². The molecule has 1 amide bonds. The van der Waals surface area contributed by atoms with E-state index in [2.05, 4.69) is 4.74 Å². The van der Waals surface area contributed by atoms with Crippen LogP contribution in [-0.4, -0.2) is 25.5 Å². The quantitative estimate of drug-likeness (QED) is 0.784. The van der Waals surface area contributed by atoms with Crippen molar-refractivity contribution < 1.29 is 27.5 Å². The van der Waals surface area contributed by atoms with Gasteiger partial charge in [-0.3, -0.25) is 9.59 Å². The minimum Gasteiger partial charge on any atom is -0.469 e. The average Bonchev–Trinajstić information content (AvgIpc) is 2.79. The first-order valence-corrected chi connectivity index (χ1v) is 5.88. The minimum atomic E-state index is -4.47. The second-order valence-electron chi connectivity index (χ2n) is 4.48. The number of hydrogen-bond donors (Lipinski definition) is 0. The second-order valence-corrected chi connectivity index (χ2v) is 4.48. The van der Waals surface area contributed by atoms with E-state index in [0.29, 0.717) is 0 Å². The largest absolute Gasteiger partial charge is 0.469 e. The highest BCUT2D eigenvalue weighted by Crippen LogP contribution is 2.33. The average molecular weight is 287 g/mol. The lowest BCUT2D eigenvalue weighted by molar-refractivity contribution is -0.145. The predicted octanol–water partition coefficient (Wildman–Crippen LogP) is 2.23. The maximum Gasteiger partial charge on any atom is 0.416 e. The summed E-state index contributed by atoms with van der Waals surface area (Å²) >= 11 is 0. The summed E-state index contributed by atoms with van der Waals surface area (Å²) in [7, 11) is 1.21. The van der Waals surface area contributed by atoms with Crippen LogP contribution in [0, 0.1) is 5.92 Å². The van der Waals surface area contributed by atoms with Gasteiger partial charge < -0.3 is 9.64 Å². The van der Waals surface area contributed by atoms with E-state index in [-0.39, 0.29) is 24.6 Å². The normalized spacial score (nSPS) is 19.3. The molecule has 0 radical (unpaired) electrons. The Morgan fingerprint density at radius 3 is 2.70 bits per heavy atom. The summed E-state index contributed by atoms with van der Waals surface area (Å²) in [6.07, 6.45) is -4.52.